The molecule has 0 bridgehead atoms. The van der Waals surface area contributed by atoms with E-state index in [1.165, 1.54) is 5.56 Å². The maximum Gasteiger partial charge on any atom is 0.0821 e. The summed E-state index contributed by atoms with van der Waals surface area (Å²) >= 11 is 4.62. The molecule has 0 aliphatic rings. The average Bonchev–Trinajstić information content (AvgIpc) is 2.19. The van der Waals surface area contributed by atoms with E-state index in [2.05, 4.69) is 35.4 Å². The number of aryl methyl sites for hydroxylation is 2. The Labute approximate surface area is 89.9 Å². The first-order valence-corrected chi connectivity index (χ1v) is 4.99. The molecule has 2 N–H and O–H groups in total. The first kappa shape index (κ1) is 10.9. The van der Waals surface area contributed by atoms with E-state index in [-0.39, 0.29) is 0 Å². The Bertz CT molecular complexity index is 404. The number of anilines is 1. The number of thiocarbonyl (C=S) groups is 1. The third-order valence-electron chi connectivity index (χ3n) is 2.42. The highest BCUT2D eigenvalue weighted by Gasteiger charge is 2.08. The molecule has 0 aromatic heterocycles. The predicted molar refractivity (Wildman–Crippen MR) is 64.4 cm³/mol. The molecule has 0 amide bonds. The van der Waals surface area contributed by atoms with E-state index in [0.717, 1.165) is 28.9 Å². The standard InChI is InChI=1S/C11H14N2S/c1-4-9-5-7(2)10(12)8(3)11(9)13-6-14/h5H,4,12H2,1-3H3. The number of hydrogen-bond acceptors (Lipinski definition) is 3. The van der Waals surface area contributed by atoms with Crippen molar-refractivity contribution in [2.24, 2.45) is 4.99 Å². The summed E-state index contributed by atoms with van der Waals surface area (Å²) in [5.41, 5.74) is 10.9. The number of rotatable bonds is 2. The minimum absolute atomic E-state index is 0.797. The van der Waals surface area contributed by atoms with Crippen LogP contribution in [0.1, 0.15) is 23.6 Å². The number of benzene rings is 1. The minimum Gasteiger partial charge on any atom is -0.398 e. The number of nitrogens with zero attached hydrogens (tertiary/aromatic N) is 1. The first-order valence-electron chi connectivity index (χ1n) is 4.58. The fourth-order valence-electron chi connectivity index (χ4n) is 1.54. The molecule has 0 heterocycles. The van der Waals surface area contributed by atoms with E-state index in [9.17, 15) is 0 Å². The molecule has 0 aliphatic carbocycles. The third-order valence-corrected chi connectivity index (χ3v) is 2.51. The van der Waals surface area contributed by atoms with E-state index in [1.54, 1.807) is 0 Å². The molecule has 0 atom stereocenters. The second-order valence-corrected chi connectivity index (χ2v) is 3.48. The summed E-state index contributed by atoms with van der Waals surface area (Å²) in [5.74, 6) is 0. The lowest BCUT2D eigenvalue weighted by atomic mass is 10.0. The molecule has 0 fully saturated rings. The van der Waals surface area contributed by atoms with Gasteiger partial charge < -0.3 is 5.73 Å². The molecule has 0 saturated heterocycles. The van der Waals surface area contributed by atoms with Crippen LogP contribution in [0.5, 0.6) is 0 Å². The number of hydrogen-bond donors (Lipinski definition) is 1. The zero-order valence-corrected chi connectivity index (χ0v) is 9.53. The van der Waals surface area contributed by atoms with Crippen LogP contribution in [0.3, 0.4) is 0 Å². The van der Waals surface area contributed by atoms with Crippen molar-refractivity contribution < 1.29 is 0 Å². The van der Waals surface area contributed by atoms with Crippen molar-refractivity contribution in [1.29, 1.82) is 0 Å². The van der Waals surface area contributed by atoms with Gasteiger partial charge in [-0.2, -0.15) is 4.99 Å². The Morgan fingerprint density at radius 1 is 1.50 bits per heavy atom. The number of nitrogen functional groups attached to an aromatic ring is 1. The van der Waals surface area contributed by atoms with E-state index < -0.39 is 0 Å². The maximum atomic E-state index is 5.91. The predicted octanol–water partition coefficient (Wildman–Crippen LogP) is 3.18. The van der Waals surface area contributed by atoms with Crippen LogP contribution in [-0.2, 0) is 6.42 Å². The van der Waals surface area contributed by atoms with Crippen LogP contribution in [0, 0.1) is 13.8 Å². The Kier molecular flexibility index (Phi) is 3.39. The second-order valence-electron chi connectivity index (χ2n) is 3.30. The maximum absolute atomic E-state index is 5.91. The van der Waals surface area contributed by atoms with Crippen molar-refractivity contribution >= 4 is 28.8 Å². The lowest BCUT2D eigenvalue weighted by Crippen LogP contribution is -1.97. The van der Waals surface area contributed by atoms with E-state index in [4.69, 9.17) is 5.73 Å². The molecule has 1 aromatic carbocycles. The van der Waals surface area contributed by atoms with Crippen molar-refractivity contribution in [3.05, 3.63) is 22.8 Å². The van der Waals surface area contributed by atoms with Crippen LogP contribution in [-0.4, -0.2) is 5.16 Å². The first-order chi connectivity index (χ1) is 6.61. The Morgan fingerprint density at radius 2 is 2.14 bits per heavy atom. The lowest BCUT2D eigenvalue weighted by Gasteiger charge is -2.11. The van der Waals surface area contributed by atoms with Crippen molar-refractivity contribution in [2.45, 2.75) is 27.2 Å². The zero-order valence-electron chi connectivity index (χ0n) is 8.72. The van der Waals surface area contributed by atoms with Gasteiger partial charge in [0.2, 0.25) is 0 Å². The summed E-state index contributed by atoms with van der Waals surface area (Å²) in [4.78, 5) is 4.06. The molecule has 2 nitrogen and oxygen atoms in total. The molecule has 0 aliphatic heterocycles. The van der Waals surface area contributed by atoms with Crippen molar-refractivity contribution in [3.63, 3.8) is 0 Å². The summed E-state index contributed by atoms with van der Waals surface area (Å²) in [6.45, 7) is 6.06. The van der Waals surface area contributed by atoms with Gasteiger partial charge in [-0.25, -0.2) is 0 Å². The minimum atomic E-state index is 0.797. The molecule has 0 saturated carbocycles. The van der Waals surface area contributed by atoms with Crippen molar-refractivity contribution in [3.8, 4) is 0 Å². The van der Waals surface area contributed by atoms with Gasteiger partial charge in [0.05, 0.1) is 10.8 Å². The fraction of sp³-hybridized carbons (Fsp3) is 0.364. The average molecular weight is 206 g/mol. The van der Waals surface area contributed by atoms with Gasteiger partial charge in [0.1, 0.15) is 0 Å². The molecule has 0 unspecified atom stereocenters. The third kappa shape index (κ3) is 1.84. The molecule has 0 spiro atoms. The fourth-order valence-corrected chi connectivity index (χ4v) is 1.63. The topological polar surface area (TPSA) is 38.4 Å². The van der Waals surface area contributed by atoms with Crippen LogP contribution in [0.15, 0.2) is 11.1 Å². The summed E-state index contributed by atoms with van der Waals surface area (Å²) in [6, 6.07) is 2.06. The van der Waals surface area contributed by atoms with Gasteiger partial charge in [-0.3, -0.25) is 0 Å². The van der Waals surface area contributed by atoms with Crippen LogP contribution in [0.4, 0.5) is 11.4 Å². The molecular formula is C11H14N2S. The zero-order chi connectivity index (χ0) is 10.7. The van der Waals surface area contributed by atoms with Crippen LogP contribution >= 0.6 is 12.2 Å². The summed E-state index contributed by atoms with van der Waals surface area (Å²) in [6.07, 6.45) is 0.928. The number of isothiocyanates is 1. The Hall–Kier alpha value is -1.18. The molecule has 1 aromatic rings. The monoisotopic (exact) mass is 206 g/mol. The van der Waals surface area contributed by atoms with Crippen LogP contribution < -0.4 is 5.73 Å². The second kappa shape index (κ2) is 4.36. The van der Waals surface area contributed by atoms with Gasteiger partial charge in [0, 0.05) is 5.69 Å². The molecule has 1 rings (SSSR count). The summed E-state index contributed by atoms with van der Waals surface area (Å²) in [5, 5.41) is 2.40. The lowest BCUT2D eigenvalue weighted by molar-refractivity contribution is 1.12. The van der Waals surface area contributed by atoms with Gasteiger partial charge in [0.15, 0.2) is 0 Å². The van der Waals surface area contributed by atoms with Gasteiger partial charge >= 0.3 is 0 Å². The Morgan fingerprint density at radius 3 is 2.64 bits per heavy atom. The van der Waals surface area contributed by atoms with Crippen molar-refractivity contribution in [1.82, 2.24) is 0 Å². The van der Waals surface area contributed by atoms with E-state index >= 15 is 0 Å². The summed E-state index contributed by atoms with van der Waals surface area (Å²) in [7, 11) is 0. The number of aliphatic imine (C=N–C) groups is 1. The highest BCUT2D eigenvalue weighted by molar-refractivity contribution is 7.78. The molecule has 14 heavy (non-hydrogen) atoms. The van der Waals surface area contributed by atoms with Crippen LogP contribution in [0.2, 0.25) is 0 Å². The largest absolute Gasteiger partial charge is 0.398 e. The smallest absolute Gasteiger partial charge is 0.0821 e. The molecule has 3 heteroatoms. The molecular weight excluding hydrogens is 192 g/mol. The molecule has 0 radical (unpaired) electrons. The molecule has 74 valence electrons. The van der Waals surface area contributed by atoms with Gasteiger partial charge in [0.25, 0.3) is 0 Å². The highest BCUT2D eigenvalue weighted by atomic mass is 32.1. The quantitative estimate of drug-likeness (QED) is 0.458. The van der Waals surface area contributed by atoms with Crippen molar-refractivity contribution in [2.75, 3.05) is 5.73 Å². The van der Waals surface area contributed by atoms with Gasteiger partial charge in [-0.05, 0) is 49.2 Å². The van der Waals surface area contributed by atoms with Gasteiger partial charge in [-0.15, -0.1) is 0 Å². The highest BCUT2D eigenvalue weighted by Crippen LogP contribution is 2.31. The number of nitrogens with two attached hydrogens (primary N) is 1. The van der Waals surface area contributed by atoms with Gasteiger partial charge in [-0.1, -0.05) is 13.0 Å². The summed E-state index contributed by atoms with van der Waals surface area (Å²) < 4.78 is 0. The van der Waals surface area contributed by atoms with E-state index in [1.807, 2.05) is 13.8 Å². The SMILES string of the molecule is CCc1cc(C)c(N)c(C)c1N=C=S. The van der Waals surface area contributed by atoms with E-state index in [0.29, 0.717) is 0 Å². The normalized spacial score (nSPS) is 9.64. The van der Waals surface area contributed by atoms with Crippen LogP contribution in [0.25, 0.3) is 0 Å². The Balaban J connectivity index is 3.52.